The number of carbonyl (C=O) groups excluding carboxylic acids is 2. The van der Waals surface area contributed by atoms with Gasteiger partial charge in [-0.3, -0.25) is 9.59 Å². The average molecular weight is 282 g/mol. The summed E-state index contributed by atoms with van der Waals surface area (Å²) in [5.74, 6) is -0.912. The Labute approximate surface area is 117 Å². The van der Waals surface area contributed by atoms with E-state index in [4.69, 9.17) is 11.6 Å². The van der Waals surface area contributed by atoms with Crippen LogP contribution in [0.15, 0.2) is 18.2 Å². The quantitative estimate of drug-likeness (QED) is 0.620. The Kier molecular flexibility index (Phi) is 4.04. The van der Waals surface area contributed by atoms with Crippen molar-refractivity contribution in [2.75, 3.05) is 13.1 Å². The van der Waals surface area contributed by atoms with Gasteiger partial charge in [-0.2, -0.15) is 0 Å². The van der Waals surface area contributed by atoms with E-state index in [2.05, 4.69) is 4.98 Å². The third-order valence-corrected chi connectivity index (χ3v) is 3.30. The highest BCUT2D eigenvalue weighted by atomic mass is 35.5. The molecule has 0 saturated carbocycles. The zero-order valence-electron chi connectivity index (χ0n) is 11.0. The lowest BCUT2D eigenvalue weighted by atomic mass is 10.2. The van der Waals surface area contributed by atoms with Crippen LogP contribution in [0.25, 0.3) is 0 Å². The van der Waals surface area contributed by atoms with Gasteiger partial charge in [0.15, 0.2) is 0 Å². The lowest BCUT2D eigenvalue weighted by Gasteiger charge is -2.35. The summed E-state index contributed by atoms with van der Waals surface area (Å²) in [6.07, 6.45) is 0. The van der Waals surface area contributed by atoms with E-state index in [-0.39, 0.29) is 6.04 Å². The lowest BCUT2D eigenvalue weighted by molar-refractivity contribution is -0.157. The molecule has 0 radical (unpaired) electrons. The van der Waals surface area contributed by atoms with Gasteiger partial charge in [-0.25, -0.2) is 4.98 Å². The van der Waals surface area contributed by atoms with Gasteiger partial charge in [-0.15, -0.1) is 0 Å². The first-order valence-electron chi connectivity index (χ1n) is 6.20. The molecule has 0 bridgehead atoms. The van der Waals surface area contributed by atoms with Crippen molar-refractivity contribution in [3.05, 3.63) is 29.0 Å². The molecule has 1 aromatic heterocycles. The molecule has 1 fully saturated rings. The van der Waals surface area contributed by atoms with Gasteiger partial charge in [0.25, 0.3) is 0 Å². The Hall–Kier alpha value is -1.62. The normalized spacial score (nSPS) is 16.4. The molecule has 0 atom stereocenters. The zero-order chi connectivity index (χ0) is 14.0. The van der Waals surface area contributed by atoms with Crippen molar-refractivity contribution in [1.82, 2.24) is 14.8 Å². The number of piperazine rings is 1. The summed E-state index contributed by atoms with van der Waals surface area (Å²) in [7, 11) is 0. The van der Waals surface area contributed by atoms with Crippen LogP contribution in [-0.2, 0) is 16.1 Å². The molecule has 1 aliphatic rings. The summed E-state index contributed by atoms with van der Waals surface area (Å²) in [6.45, 7) is 5.20. The predicted octanol–water partition coefficient (Wildman–Crippen LogP) is 1.31. The number of hydrogen-bond acceptors (Lipinski definition) is 3. The predicted molar refractivity (Wildman–Crippen MR) is 71.5 cm³/mol. The molecule has 1 aromatic rings. The van der Waals surface area contributed by atoms with Gasteiger partial charge in [0, 0.05) is 19.1 Å². The van der Waals surface area contributed by atoms with E-state index in [0.717, 1.165) is 0 Å². The third kappa shape index (κ3) is 3.04. The summed E-state index contributed by atoms with van der Waals surface area (Å²) in [6, 6.07) is 5.29. The molecule has 0 spiro atoms. The first-order valence-corrected chi connectivity index (χ1v) is 6.58. The maximum absolute atomic E-state index is 12.0. The van der Waals surface area contributed by atoms with Crippen molar-refractivity contribution in [2.45, 2.75) is 26.4 Å². The van der Waals surface area contributed by atoms with Crippen LogP contribution in [0.5, 0.6) is 0 Å². The minimum atomic E-state index is -0.471. The molecule has 6 heteroatoms. The highest BCUT2D eigenvalue weighted by molar-refractivity contribution is 6.35. The van der Waals surface area contributed by atoms with Crippen LogP contribution in [0.4, 0.5) is 0 Å². The number of aromatic nitrogens is 1. The number of halogens is 1. The van der Waals surface area contributed by atoms with Crippen molar-refractivity contribution < 1.29 is 9.59 Å². The van der Waals surface area contributed by atoms with Crippen molar-refractivity contribution in [2.24, 2.45) is 0 Å². The van der Waals surface area contributed by atoms with Crippen molar-refractivity contribution >= 4 is 23.4 Å². The lowest BCUT2D eigenvalue weighted by Crippen LogP contribution is -2.55. The molecule has 2 rings (SSSR count). The van der Waals surface area contributed by atoms with Gasteiger partial charge >= 0.3 is 11.8 Å². The van der Waals surface area contributed by atoms with Crippen LogP contribution in [0.3, 0.4) is 0 Å². The van der Waals surface area contributed by atoms with Gasteiger partial charge in [-0.05, 0) is 26.0 Å². The van der Waals surface area contributed by atoms with Gasteiger partial charge in [0.2, 0.25) is 0 Å². The fourth-order valence-electron chi connectivity index (χ4n) is 2.07. The van der Waals surface area contributed by atoms with Gasteiger partial charge in [0.1, 0.15) is 5.15 Å². The van der Waals surface area contributed by atoms with Crippen LogP contribution in [0, 0.1) is 0 Å². The summed E-state index contributed by atoms with van der Waals surface area (Å²) >= 11 is 5.80. The largest absolute Gasteiger partial charge is 0.330 e. The molecule has 1 saturated heterocycles. The molecule has 5 nitrogen and oxygen atoms in total. The maximum atomic E-state index is 12.0. The van der Waals surface area contributed by atoms with Crippen LogP contribution in [0.1, 0.15) is 19.5 Å². The van der Waals surface area contributed by atoms with Crippen molar-refractivity contribution in [1.29, 1.82) is 0 Å². The molecule has 19 heavy (non-hydrogen) atoms. The van der Waals surface area contributed by atoms with E-state index in [1.807, 2.05) is 13.8 Å². The molecule has 2 amide bonds. The van der Waals surface area contributed by atoms with E-state index in [1.165, 1.54) is 4.90 Å². The minimum absolute atomic E-state index is 0.0443. The second kappa shape index (κ2) is 5.57. The molecule has 0 unspecified atom stereocenters. The molecule has 0 aromatic carbocycles. The van der Waals surface area contributed by atoms with Crippen LogP contribution in [-0.4, -0.2) is 45.7 Å². The monoisotopic (exact) mass is 281 g/mol. The van der Waals surface area contributed by atoms with Crippen molar-refractivity contribution in [3.63, 3.8) is 0 Å². The van der Waals surface area contributed by atoms with E-state index in [0.29, 0.717) is 30.5 Å². The van der Waals surface area contributed by atoms with Crippen LogP contribution < -0.4 is 0 Å². The Balaban J connectivity index is 2.07. The second-order valence-electron chi connectivity index (χ2n) is 4.77. The number of nitrogens with zero attached hydrogens (tertiary/aromatic N) is 3. The number of amides is 2. The topological polar surface area (TPSA) is 53.5 Å². The second-order valence-corrected chi connectivity index (χ2v) is 5.16. The van der Waals surface area contributed by atoms with E-state index in [9.17, 15) is 9.59 Å². The van der Waals surface area contributed by atoms with E-state index >= 15 is 0 Å². The standard InChI is InChI=1S/C13H16ClN3O2/c1-9(2)17-7-6-16(12(18)13(17)19)8-10-4-3-5-11(14)15-10/h3-5,9H,6-8H2,1-2H3. The minimum Gasteiger partial charge on any atom is -0.330 e. The van der Waals surface area contributed by atoms with Gasteiger partial charge in [0.05, 0.1) is 12.2 Å². The summed E-state index contributed by atoms with van der Waals surface area (Å²) < 4.78 is 0. The number of carbonyl (C=O) groups is 2. The molecule has 0 N–H and O–H groups in total. The Morgan fingerprint density at radius 3 is 2.63 bits per heavy atom. The summed E-state index contributed by atoms with van der Waals surface area (Å²) in [5.41, 5.74) is 0.687. The fourth-order valence-corrected chi connectivity index (χ4v) is 2.25. The fraction of sp³-hybridized carbons (Fsp3) is 0.462. The summed E-state index contributed by atoms with van der Waals surface area (Å²) in [5, 5.41) is 0.386. The third-order valence-electron chi connectivity index (χ3n) is 3.09. The molecule has 1 aliphatic heterocycles. The molecular formula is C13H16ClN3O2. The van der Waals surface area contributed by atoms with Crippen molar-refractivity contribution in [3.8, 4) is 0 Å². The average Bonchev–Trinajstić information content (AvgIpc) is 2.35. The molecule has 2 heterocycles. The number of rotatable bonds is 3. The number of pyridine rings is 1. The first kappa shape index (κ1) is 13.8. The Bertz CT molecular complexity index is 504. The van der Waals surface area contributed by atoms with Gasteiger partial charge in [-0.1, -0.05) is 17.7 Å². The molecular weight excluding hydrogens is 266 g/mol. The van der Waals surface area contributed by atoms with E-state index < -0.39 is 11.8 Å². The van der Waals surface area contributed by atoms with Crippen LogP contribution in [0.2, 0.25) is 5.15 Å². The smallest absolute Gasteiger partial charge is 0.312 e. The number of hydrogen-bond donors (Lipinski definition) is 0. The Morgan fingerprint density at radius 2 is 2.00 bits per heavy atom. The van der Waals surface area contributed by atoms with Gasteiger partial charge < -0.3 is 9.80 Å². The Morgan fingerprint density at radius 1 is 1.26 bits per heavy atom. The summed E-state index contributed by atoms with van der Waals surface area (Å²) in [4.78, 5) is 31.2. The SMILES string of the molecule is CC(C)N1CCN(Cc2cccc(Cl)n2)C(=O)C1=O. The first-order chi connectivity index (χ1) is 8.99. The highest BCUT2D eigenvalue weighted by Crippen LogP contribution is 2.13. The zero-order valence-corrected chi connectivity index (χ0v) is 11.7. The maximum Gasteiger partial charge on any atom is 0.312 e. The van der Waals surface area contributed by atoms with E-state index in [1.54, 1.807) is 23.1 Å². The van der Waals surface area contributed by atoms with Crippen LogP contribution >= 0.6 is 11.6 Å². The molecule has 102 valence electrons. The molecule has 0 aliphatic carbocycles. The highest BCUT2D eigenvalue weighted by Gasteiger charge is 2.33.